The van der Waals surface area contributed by atoms with Crippen molar-refractivity contribution in [1.82, 2.24) is 10.2 Å². The Labute approximate surface area is 143 Å². The van der Waals surface area contributed by atoms with E-state index in [9.17, 15) is 9.18 Å². The molecule has 1 aromatic rings. The minimum absolute atomic E-state index is 0.00590. The number of ether oxygens (including phenoxy) is 2. The molecule has 1 N–H and O–H groups in total. The molecule has 0 bridgehead atoms. The maximum atomic E-state index is 14.1. The molecule has 2 rings (SSSR count). The summed E-state index contributed by atoms with van der Waals surface area (Å²) in [7, 11) is 1.54. The number of methoxy groups -OCH3 is 1. The second kappa shape index (κ2) is 7.83. The van der Waals surface area contributed by atoms with E-state index in [1.165, 1.54) is 6.07 Å². The minimum atomic E-state index is -0.515. The van der Waals surface area contributed by atoms with Crippen molar-refractivity contribution in [2.24, 2.45) is 0 Å². The number of hydrogen-bond donors (Lipinski definition) is 1. The van der Waals surface area contributed by atoms with Gasteiger partial charge in [-0.3, -0.25) is 4.90 Å². The molecule has 0 aromatic heterocycles. The van der Waals surface area contributed by atoms with E-state index in [0.29, 0.717) is 24.4 Å². The molecule has 0 spiro atoms. The highest BCUT2D eigenvalue weighted by molar-refractivity contribution is 5.68. The van der Waals surface area contributed by atoms with Crippen LogP contribution in [-0.2, 0) is 11.3 Å². The molecule has 134 valence electrons. The average Bonchev–Trinajstić information content (AvgIpc) is 2.47. The van der Waals surface area contributed by atoms with Crippen LogP contribution in [-0.4, -0.2) is 42.8 Å². The van der Waals surface area contributed by atoms with Crippen LogP contribution in [0, 0.1) is 5.82 Å². The van der Waals surface area contributed by atoms with E-state index in [1.807, 2.05) is 20.8 Å². The molecule has 1 amide bonds. The van der Waals surface area contributed by atoms with E-state index in [4.69, 9.17) is 9.47 Å². The van der Waals surface area contributed by atoms with Crippen molar-refractivity contribution >= 4 is 6.09 Å². The monoisotopic (exact) mass is 338 g/mol. The predicted molar refractivity (Wildman–Crippen MR) is 90.6 cm³/mol. The van der Waals surface area contributed by atoms with Crippen molar-refractivity contribution in [1.29, 1.82) is 0 Å². The van der Waals surface area contributed by atoms with Crippen molar-refractivity contribution in [3.63, 3.8) is 0 Å². The summed E-state index contributed by atoms with van der Waals surface area (Å²) in [5, 5.41) is 2.91. The van der Waals surface area contributed by atoms with E-state index in [2.05, 4.69) is 10.2 Å². The van der Waals surface area contributed by atoms with Gasteiger partial charge in [-0.15, -0.1) is 0 Å². The van der Waals surface area contributed by atoms with Gasteiger partial charge in [0.05, 0.1) is 7.11 Å². The predicted octanol–water partition coefficient (Wildman–Crippen LogP) is 3.32. The van der Waals surface area contributed by atoms with Crippen molar-refractivity contribution in [3.8, 4) is 5.75 Å². The van der Waals surface area contributed by atoms with Crippen LogP contribution in [0.2, 0.25) is 0 Å². The Bertz CT molecular complexity index is 572. The van der Waals surface area contributed by atoms with Crippen LogP contribution in [0.3, 0.4) is 0 Å². The first-order valence-corrected chi connectivity index (χ1v) is 8.32. The molecule has 1 atom stereocenters. The largest absolute Gasteiger partial charge is 0.496 e. The third-order valence-electron chi connectivity index (χ3n) is 3.90. The highest BCUT2D eigenvalue weighted by Gasteiger charge is 2.25. The van der Waals surface area contributed by atoms with Gasteiger partial charge in [0.15, 0.2) is 0 Å². The molecule has 0 aliphatic carbocycles. The molecule has 1 heterocycles. The van der Waals surface area contributed by atoms with Crippen molar-refractivity contribution < 1.29 is 18.7 Å². The van der Waals surface area contributed by atoms with Gasteiger partial charge in [0, 0.05) is 24.7 Å². The Morgan fingerprint density at radius 1 is 1.42 bits per heavy atom. The molecule has 1 saturated heterocycles. The number of likely N-dealkylation sites (tertiary alicyclic amines) is 1. The molecular formula is C18H27FN2O3. The zero-order valence-electron chi connectivity index (χ0n) is 14.9. The second-order valence-corrected chi connectivity index (χ2v) is 7.14. The number of nitrogens with zero attached hydrogens (tertiary/aromatic N) is 1. The van der Waals surface area contributed by atoms with E-state index in [-0.39, 0.29) is 11.9 Å². The highest BCUT2D eigenvalue weighted by atomic mass is 19.1. The zero-order valence-corrected chi connectivity index (χ0v) is 14.9. The first-order valence-electron chi connectivity index (χ1n) is 8.32. The molecule has 1 aromatic carbocycles. The molecule has 1 aliphatic rings. The summed E-state index contributed by atoms with van der Waals surface area (Å²) >= 11 is 0. The third kappa shape index (κ3) is 5.37. The first-order chi connectivity index (χ1) is 11.3. The smallest absolute Gasteiger partial charge is 0.407 e. The molecule has 0 unspecified atom stereocenters. The topological polar surface area (TPSA) is 50.8 Å². The van der Waals surface area contributed by atoms with Crippen LogP contribution >= 0.6 is 0 Å². The molecular weight excluding hydrogens is 311 g/mol. The number of rotatable bonds is 4. The first kappa shape index (κ1) is 18.5. The lowest BCUT2D eigenvalue weighted by molar-refractivity contribution is 0.0469. The Kier molecular flexibility index (Phi) is 6.04. The summed E-state index contributed by atoms with van der Waals surface area (Å²) in [4.78, 5) is 14.0. The zero-order chi connectivity index (χ0) is 17.7. The average molecular weight is 338 g/mol. The van der Waals surface area contributed by atoms with Gasteiger partial charge in [0.25, 0.3) is 0 Å². The lowest BCUT2D eigenvalue weighted by Crippen LogP contribution is -2.48. The summed E-state index contributed by atoms with van der Waals surface area (Å²) in [6.07, 6.45) is 1.43. The van der Waals surface area contributed by atoms with E-state index in [0.717, 1.165) is 19.4 Å². The van der Waals surface area contributed by atoms with Crippen LogP contribution in [0.25, 0.3) is 0 Å². The van der Waals surface area contributed by atoms with E-state index < -0.39 is 11.7 Å². The Hall–Kier alpha value is -1.82. The van der Waals surface area contributed by atoms with Gasteiger partial charge in [-0.05, 0) is 52.3 Å². The normalized spacial score (nSPS) is 19.0. The number of halogens is 1. The Morgan fingerprint density at radius 3 is 2.83 bits per heavy atom. The summed E-state index contributed by atoms with van der Waals surface area (Å²) in [6.45, 7) is 7.50. The van der Waals surface area contributed by atoms with Gasteiger partial charge in [-0.2, -0.15) is 0 Å². The Balaban J connectivity index is 1.95. The minimum Gasteiger partial charge on any atom is -0.496 e. The number of nitrogens with one attached hydrogen (secondary N) is 1. The molecule has 24 heavy (non-hydrogen) atoms. The standard InChI is InChI=1S/C18H27FN2O3/c1-18(2,3)24-17(22)20-13-7-6-10-21(11-13)12-14-15(19)8-5-9-16(14)23-4/h5,8-9,13H,6-7,10-12H2,1-4H3,(H,20,22)/t13-/m1/s1. The SMILES string of the molecule is COc1cccc(F)c1CN1CCC[C@@H](NC(=O)OC(C)(C)C)C1. The maximum Gasteiger partial charge on any atom is 0.407 e. The number of hydrogen-bond acceptors (Lipinski definition) is 4. The number of carbonyl (C=O) groups excluding carboxylic acids is 1. The van der Waals surface area contributed by atoms with Gasteiger partial charge in [0.2, 0.25) is 0 Å². The fourth-order valence-corrected chi connectivity index (χ4v) is 2.90. The third-order valence-corrected chi connectivity index (χ3v) is 3.90. The van der Waals surface area contributed by atoms with Gasteiger partial charge in [0.1, 0.15) is 17.2 Å². The van der Waals surface area contributed by atoms with Gasteiger partial charge in [-0.25, -0.2) is 9.18 Å². The lowest BCUT2D eigenvalue weighted by atomic mass is 10.0. The molecule has 6 heteroatoms. The van der Waals surface area contributed by atoms with E-state index >= 15 is 0 Å². The maximum absolute atomic E-state index is 14.1. The molecule has 0 radical (unpaired) electrons. The fourth-order valence-electron chi connectivity index (χ4n) is 2.90. The molecule has 1 aliphatic heterocycles. The molecule has 1 fully saturated rings. The number of alkyl carbamates (subject to hydrolysis) is 1. The summed E-state index contributed by atoms with van der Waals surface area (Å²) < 4.78 is 24.6. The van der Waals surface area contributed by atoms with Crippen LogP contribution in [0.5, 0.6) is 5.75 Å². The lowest BCUT2D eigenvalue weighted by Gasteiger charge is -2.33. The fraction of sp³-hybridized carbons (Fsp3) is 0.611. The van der Waals surface area contributed by atoms with Crippen LogP contribution in [0.15, 0.2) is 18.2 Å². The summed E-state index contributed by atoms with van der Waals surface area (Å²) in [5.74, 6) is 0.286. The van der Waals surface area contributed by atoms with Crippen molar-refractivity contribution in [3.05, 3.63) is 29.6 Å². The van der Waals surface area contributed by atoms with Crippen LogP contribution < -0.4 is 10.1 Å². The van der Waals surface area contributed by atoms with Crippen molar-refractivity contribution in [2.75, 3.05) is 20.2 Å². The van der Waals surface area contributed by atoms with Crippen LogP contribution in [0.1, 0.15) is 39.2 Å². The van der Waals surface area contributed by atoms with E-state index in [1.54, 1.807) is 19.2 Å². The number of amides is 1. The number of piperidine rings is 1. The van der Waals surface area contributed by atoms with Gasteiger partial charge >= 0.3 is 6.09 Å². The van der Waals surface area contributed by atoms with Crippen molar-refractivity contribution in [2.45, 2.75) is 51.8 Å². The van der Waals surface area contributed by atoms with Gasteiger partial charge in [-0.1, -0.05) is 6.07 Å². The van der Waals surface area contributed by atoms with Crippen LogP contribution in [0.4, 0.5) is 9.18 Å². The number of benzene rings is 1. The Morgan fingerprint density at radius 2 is 2.17 bits per heavy atom. The summed E-state index contributed by atoms with van der Waals surface area (Å²) in [5.41, 5.74) is 0.0387. The number of carbonyl (C=O) groups is 1. The highest BCUT2D eigenvalue weighted by Crippen LogP contribution is 2.24. The summed E-state index contributed by atoms with van der Waals surface area (Å²) in [6, 6.07) is 4.85. The molecule has 5 nitrogen and oxygen atoms in total. The second-order valence-electron chi connectivity index (χ2n) is 7.14. The van der Waals surface area contributed by atoms with Gasteiger partial charge < -0.3 is 14.8 Å². The quantitative estimate of drug-likeness (QED) is 0.915. The molecule has 0 saturated carbocycles.